The zero-order valence-electron chi connectivity index (χ0n) is 60.0. The van der Waals surface area contributed by atoms with Crippen molar-refractivity contribution in [2.75, 3.05) is 38.2 Å². The lowest BCUT2D eigenvalue weighted by molar-refractivity contribution is -0.144. The summed E-state index contributed by atoms with van der Waals surface area (Å²) < 4.78 is 0. The first kappa shape index (κ1) is 94.8. The molecule has 0 saturated heterocycles. The highest BCUT2D eigenvalue weighted by molar-refractivity contribution is 7.98. The maximum absolute atomic E-state index is 14.4. The van der Waals surface area contributed by atoms with Crippen molar-refractivity contribution in [3.05, 3.63) is 29.8 Å². The topological polar surface area (TPSA) is 745 Å². The largest absolute Gasteiger partial charge is 0.508 e. The van der Waals surface area contributed by atoms with Crippen molar-refractivity contribution in [2.45, 2.75) is 202 Å². The van der Waals surface area contributed by atoms with E-state index in [0.29, 0.717) is 5.56 Å². The SMILES string of the molecule is CSCC[C@H](NC(=O)[C@H](CCC(=O)O)NC(=O)[C@H](CC(=O)O)NC(=O)[C@H](CCC(=O)O)NC(=O)[C@H](CC(C)C)NC(=O)[C@@H](N)CCCN=C(N)N)C(=O)N[C@@H](CCCCN)C(=O)N[C@@H](CCC(=O)O)C(=O)NCC(=O)N[C@@H](CCCN=C(N)N)C(=O)N[C@@H](Cc1ccc(O)cc1)C(=O)N[C@@H](CCC(=O)O)C(=O)O. The van der Waals surface area contributed by atoms with Gasteiger partial charge in [0.05, 0.1) is 19.0 Å². The second kappa shape index (κ2) is 51.1. The predicted molar refractivity (Wildman–Crippen MR) is 385 cm³/mol. The predicted octanol–water partition coefficient (Wildman–Crippen LogP) is -6.72. The normalized spacial score (nSPS) is 13.9. The summed E-state index contributed by atoms with van der Waals surface area (Å²) in [6.07, 6.45) is -5.78. The number of aliphatic imine (C=N–C) groups is 2. The number of benzene rings is 1. The van der Waals surface area contributed by atoms with Crippen LogP contribution < -0.4 is 92.9 Å². The number of nitrogens with zero attached hydrogens (tertiary/aromatic N) is 2. The van der Waals surface area contributed by atoms with Crippen molar-refractivity contribution in [3.63, 3.8) is 0 Å². The molecule has 0 spiro atoms. The Morgan fingerprint density at radius 1 is 0.417 bits per heavy atom. The summed E-state index contributed by atoms with van der Waals surface area (Å²) in [5, 5.41) is 93.2. The van der Waals surface area contributed by atoms with Crippen LogP contribution in [0.2, 0.25) is 0 Å². The molecule has 0 aromatic heterocycles. The zero-order valence-corrected chi connectivity index (χ0v) is 60.9. The molecule has 0 heterocycles. The Labute approximate surface area is 624 Å². The third-order valence-corrected chi connectivity index (χ3v) is 16.3. The van der Waals surface area contributed by atoms with Crippen molar-refractivity contribution < 1.29 is 117 Å². The van der Waals surface area contributed by atoms with Crippen LogP contribution in [0, 0.1) is 5.92 Å². The number of nitrogens with two attached hydrogens (primary N) is 6. The molecule has 44 heteroatoms. The average molecular weight is 1550 g/mol. The van der Waals surface area contributed by atoms with Gasteiger partial charge in [-0.3, -0.25) is 86.7 Å². The minimum Gasteiger partial charge on any atom is -0.508 e. The Balaban J connectivity index is 3.64. The molecule has 604 valence electrons. The summed E-state index contributed by atoms with van der Waals surface area (Å²) in [5.74, 6) is -22.5. The number of aliphatic carboxylic acids is 6. The molecule has 0 radical (unpaired) electrons. The molecule has 0 saturated carbocycles. The number of carboxylic acids is 6. The Hall–Kier alpha value is -11.2. The monoisotopic (exact) mass is 1550 g/mol. The maximum Gasteiger partial charge on any atom is 0.326 e. The van der Waals surface area contributed by atoms with Crippen LogP contribution in [0.15, 0.2) is 34.3 Å². The number of phenols is 1. The van der Waals surface area contributed by atoms with Gasteiger partial charge in [-0.1, -0.05) is 26.0 Å². The van der Waals surface area contributed by atoms with Crippen LogP contribution in [0.25, 0.3) is 0 Å². The first-order valence-corrected chi connectivity index (χ1v) is 35.6. The van der Waals surface area contributed by atoms with E-state index < -0.39 is 232 Å². The molecule has 11 atom stereocenters. The molecular formula is C64H103N19O24S. The number of carboxylic acid groups (broad SMARTS) is 6. The fraction of sp³-hybridized carbons (Fsp3) is 0.609. The molecule has 108 heavy (non-hydrogen) atoms. The van der Waals surface area contributed by atoms with Gasteiger partial charge < -0.3 is 129 Å². The van der Waals surface area contributed by atoms with Gasteiger partial charge in [-0.25, -0.2) is 4.79 Å². The number of hydrogen-bond acceptors (Lipinski definition) is 23. The number of phenolic OH excluding ortho intramolecular Hbond substituents is 1. The van der Waals surface area contributed by atoms with Gasteiger partial charge in [0.25, 0.3) is 0 Å². The van der Waals surface area contributed by atoms with Crippen LogP contribution >= 0.6 is 11.8 Å². The summed E-state index contributed by atoms with van der Waals surface area (Å²) >= 11 is 1.17. The van der Waals surface area contributed by atoms with E-state index in [9.17, 15) is 112 Å². The van der Waals surface area contributed by atoms with Gasteiger partial charge in [-0.15, -0.1) is 0 Å². The first-order valence-electron chi connectivity index (χ1n) is 34.2. The Morgan fingerprint density at radius 2 is 0.778 bits per heavy atom. The van der Waals surface area contributed by atoms with Crippen molar-refractivity contribution >= 4 is 124 Å². The van der Waals surface area contributed by atoms with Crippen LogP contribution in [0.4, 0.5) is 0 Å². The standard InChI is InChI=1S/C64H103N19O24S/c1-32(2)28-43(81-52(96)35(66)8-6-25-71-63(67)68)59(103)77-40(17-21-49(90)91)57(101)83-45(30-51(94)95)61(105)78-39(16-20-48(88)89)56(100)79-41(23-27-108-3)58(102)75-37(9-4-5-24-65)55(99)76-38(15-19-47(86)87)53(97)73-31-46(85)74-36(10-7-26-72-64(69)70)54(98)82-44(29-33-11-13-34(84)14-12-33)60(104)80-42(62(106)107)18-22-50(92)93/h11-14,32,35-45,84H,4-10,15-31,65-66H2,1-3H3,(H,73,97)(H,74,85)(H,75,102)(H,76,99)(H,77,103)(H,78,105)(H,79,100)(H,80,104)(H,81,96)(H,82,98)(H,83,101)(H,86,87)(H,88,89)(H,90,91)(H,92,93)(H,94,95)(H,106,107)(H4,67,68,71)(H4,69,70,72)/t35-,36-,37-,38-,39-,40-,41-,42-,43-,44-,45-/m0/s1. The van der Waals surface area contributed by atoms with Gasteiger partial charge in [0.1, 0.15) is 66.2 Å². The van der Waals surface area contributed by atoms with Gasteiger partial charge in [0.2, 0.25) is 65.0 Å². The van der Waals surface area contributed by atoms with E-state index in [0.717, 1.165) is 0 Å². The van der Waals surface area contributed by atoms with Crippen LogP contribution in [-0.2, 0) is 87.9 Å². The molecule has 0 aliphatic carbocycles. The Kier molecular flexibility index (Phi) is 44.9. The number of aromatic hydroxyl groups is 1. The van der Waals surface area contributed by atoms with Gasteiger partial charge >= 0.3 is 35.8 Å². The quantitative estimate of drug-likeness (QED) is 0.0164. The van der Waals surface area contributed by atoms with Gasteiger partial charge in [0, 0.05) is 45.2 Å². The summed E-state index contributed by atoms with van der Waals surface area (Å²) in [6, 6.07) is -13.2. The summed E-state index contributed by atoms with van der Waals surface area (Å²) in [4.78, 5) is 232. The minimum atomic E-state index is -2.15. The van der Waals surface area contributed by atoms with Gasteiger partial charge in [-0.05, 0) is 126 Å². The Morgan fingerprint density at radius 3 is 1.20 bits per heavy atom. The number of amides is 11. The van der Waals surface area contributed by atoms with E-state index >= 15 is 0 Å². The van der Waals surface area contributed by atoms with Crippen LogP contribution in [0.1, 0.15) is 135 Å². The van der Waals surface area contributed by atoms with Crippen LogP contribution in [0.5, 0.6) is 5.75 Å². The summed E-state index contributed by atoms with van der Waals surface area (Å²) in [6.45, 7) is 2.50. The van der Waals surface area contributed by atoms with E-state index in [4.69, 9.17) is 39.5 Å². The smallest absolute Gasteiger partial charge is 0.326 e. The molecule has 11 amide bonds. The molecule has 0 aliphatic rings. The fourth-order valence-electron chi connectivity index (χ4n) is 9.98. The van der Waals surface area contributed by atoms with E-state index in [1.165, 1.54) is 36.0 Å². The Bertz CT molecular complexity index is 3300. The molecule has 30 N–H and O–H groups in total. The van der Waals surface area contributed by atoms with Crippen molar-refractivity contribution in [3.8, 4) is 5.75 Å². The lowest BCUT2D eigenvalue weighted by atomic mass is 10.0. The second-order valence-electron chi connectivity index (χ2n) is 25.1. The highest BCUT2D eigenvalue weighted by Gasteiger charge is 2.37. The number of carbonyl (C=O) groups excluding carboxylic acids is 11. The third kappa shape index (κ3) is 40.9. The van der Waals surface area contributed by atoms with E-state index in [1.54, 1.807) is 20.1 Å². The number of carbonyl (C=O) groups is 17. The molecule has 0 bridgehead atoms. The minimum absolute atomic E-state index is 0.0155. The van der Waals surface area contributed by atoms with E-state index in [-0.39, 0.29) is 113 Å². The fourth-order valence-corrected chi connectivity index (χ4v) is 10.5. The summed E-state index contributed by atoms with van der Waals surface area (Å²) in [5.41, 5.74) is 33.7. The molecule has 0 unspecified atom stereocenters. The molecule has 0 aliphatic heterocycles. The molecule has 1 aromatic rings. The number of hydrogen-bond donors (Lipinski definition) is 24. The highest BCUT2D eigenvalue weighted by atomic mass is 32.2. The van der Waals surface area contributed by atoms with Crippen molar-refractivity contribution in [1.29, 1.82) is 0 Å². The average Bonchev–Trinajstić information content (AvgIpc) is 0.879. The lowest BCUT2D eigenvalue weighted by Crippen LogP contribution is -2.60. The highest BCUT2D eigenvalue weighted by Crippen LogP contribution is 2.15. The molecular weight excluding hydrogens is 1450 g/mol. The van der Waals surface area contributed by atoms with E-state index in [1.807, 2.05) is 0 Å². The van der Waals surface area contributed by atoms with Gasteiger partial charge in [-0.2, -0.15) is 11.8 Å². The first-order chi connectivity index (χ1) is 50.8. The van der Waals surface area contributed by atoms with Crippen molar-refractivity contribution in [2.24, 2.45) is 50.3 Å². The second-order valence-corrected chi connectivity index (χ2v) is 26.1. The number of nitrogens with one attached hydrogen (secondary N) is 11. The molecule has 1 aromatic carbocycles. The lowest BCUT2D eigenvalue weighted by Gasteiger charge is -2.28. The van der Waals surface area contributed by atoms with Crippen molar-refractivity contribution in [1.82, 2.24) is 58.5 Å². The van der Waals surface area contributed by atoms with Crippen LogP contribution in [-0.4, -0.2) is 253 Å². The molecule has 0 fully saturated rings. The molecule has 43 nitrogen and oxygen atoms in total. The van der Waals surface area contributed by atoms with Crippen LogP contribution in [0.3, 0.4) is 0 Å². The van der Waals surface area contributed by atoms with E-state index in [2.05, 4.69) is 68.5 Å². The number of rotatable bonds is 56. The summed E-state index contributed by atoms with van der Waals surface area (Å²) in [7, 11) is 0. The van der Waals surface area contributed by atoms with Gasteiger partial charge in [0.15, 0.2) is 11.9 Å². The number of unbranched alkanes of at least 4 members (excludes halogenated alkanes) is 1. The number of thioether (sulfide) groups is 1. The zero-order chi connectivity index (χ0) is 81.8. The maximum atomic E-state index is 14.4. The number of guanidine groups is 2. The third-order valence-electron chi connectivity index (χ3n) is 15.6. The molecule has 1 rings (SSSR count).